The molecule has 2 aromatic rings. The highest BCUT2D eigenvalue weighted by Gasteiger charge is 2.12. The molecule has 9 heteroatoms. The highest BCUT2D eigenvalue weighted by atomic mass is 35.5. The maximum atomic E-state index is 12.7. The molecule has 0 N–H and O–H groups in total. The lowest BCUT2D eigenvalue weighted by Gasteiger charge is -2.11. The normalized spacial score (nSPS) is 10.4. The molecule has 0 saturated carbocycles. The number of esters is 1. The van der Waals surface area contributed by atoms with E-state index in [9.17, 15) is 9.59 Å². The molecule has 0 atom stereocenters. The maximum absolute atomic E-state index is 12.7. The van der Waals surface area contributed by atoms with Crippen molar-refractivity contribution in [2.75, 3.05) is 34.5 Å². The van der Waals surface area contributed by atoms with E-state index >= 15 is 0 Å². The van der Waals surface area contributed by atoms with Gasteiger partial charge >= 0.3 is 5.97 Å². The second-order valence-electron chi connectivity index (χ2n) is 6.99. The number of benzene rings is 1. The molecule has 0 bridgehead atoms. The fraction of sp³-hybridized carbons (Fsp3) is 0.400. The molecule has 1 aromatic carbocycles. The first-order chi connectivity index (χ1) is 16.0. The third-order valence-electron chi connectivity index (χ3n) is 4.74. The van der Waals surface area contributed by atoms with Crippen LogP contribution in [0.2, 0.25) is 0 Å². The summed E-state index contributed by atoms with van der Waals surface area (Å²) in [7, 11) is 4.58. The van der Waals surface area contributed by atoms with E-state index in [-0.39, 0.29) is 24.2 Å². The first-order valence-corrected chi connectivity index (χ1v) is 10.8. The predicted octanol–water partition coefficient (Wildman–Crippen LogP) is 4.93. The van der Waals surface area contributed by atoms with Gasteiger partial charge in [0.2, 0.25) is 0 Å². The summed E-state index contributed by atoms with van der Waals surface area (Å²) in [4.78, 5) is 28.4. The van der Waals surface area contributed by atoms with Crippen LogP contribution in [0.5, 0.6) is 23.0 Å². The Bertz CT molecular complexity index is 962. The van der Waals surface area contributed by atoms with E-state index in [1.165, 1.54) is 27.4 Å². The third kappa shape index (κ3) is 8.94. The Kier molecular flexibility index (Phi) is 13.2. The van der Waals surface area contributed by atoms with Crippen LogP contribution in [0.25, 0.3) is 6.08 Å². The van der Waals surface area contributed by atoms with Crippen molar-refractivity contribution < 1.29 is 33.3 Å². The second kappa shape index (κ2) is 15.6. The Morgan fingerprint density at radius 1 is 0.941 bits per heavy atom. The minimum atomic E-state index is -0.243. The molecule has 8 nitrogen and oxygen atoms in total. The van der Waals surface area contributed by atoms with E-state index < -0.39 is 0 Å². The van der Waals surface area contributed by atoms with Crippen LogP contribution in [-0.4, -0.2) is 51.3 Å². The van der Waals surface area contributed by atoms with Gasteiger partial charge in [0, 0.05) is 12.5 Å². The number of nitrogens with zero attached hydrogens (tertiary/aromatic N) is 1. The van der Waals surface area contributed by atoms with Crippen LogP contribution in [-0.2, 0) is 9.53 Å². The summed E-state index contributed by atoms with van der Waals surface area (Å²) in [5.41, 5.74) is 0.934. The van der Waals surface area contributed by atoms with Crippen molar-refractivity contribution in [2.24, 2.45) is 0 Å². The number of aromatic nitrogens is 1. The number of hydrogen-bond acceptors (Lipinski definition) is 8. The third-order valence-corrected chi connectivity index (χ3v) is 4.74. The summed E-state index contributed by atoms with van der Waals surface area (Å²) in [5.74, 6) is 1.64. The lowest BCUT2D eigenvalue weighted by molar-refractivity contribution is -0.143. The molecule has 0 aliphatic heterocycles. The van der Waals surface area contributed by atoms with Crippen molar-refractivity contribution in [3.05, 3.63) is 47.8 Å². The van der Waals surface area contributed by atoms with Gasteiger partial charge in [-0.3, -0.25) is 14.6 Å². The smallest absolute Gasteiger partial charge is 0.305 e. The number of hydrogen-bond donors (Lipinski definition) is 0. The molecule has 0 aliphatic rings. The molecule has 0 aliphatic carbocycles. The number of methoxy groups -OCH3 is 3. The average molecular weight is 494 g/mol. The lowest BCUT2D eigenvalue weighted by Crippen LogP contribution is -2.04. The van der Waals surface area contributed by atoms with Crippen molar-refractivity contribution in [1.82, 2.24) is 4.98 Å². The Balaban J connectivity index is 0.00000578. The van der Waals surface area contributed by atoms with Crippen molar-refractivity contribution in [2.45, 2.75) is 32.6 Å². The number of ether oxygens (including phenoxy) is 5. The molecule has 0 unspecified atom stereocenters. The van der Waals surface area contributed by atoms with Gasteiger partial charge in [0.25, 0.3) is 0 Å². The van der Waals surface area contributed by atoms with E-state index in [2.05, 4.69) is 4.98 Å². The van der Waals surface area contributed by atoms with Gasteiger partial charge in [-0.05, 0) is 56.5 Å². The van der Waals surface area contributed by atoms with E-state index in [1.54, 1.807) is 43.5 Å². The molecule has 1 heterocycles. The average Bonchev–Trinajstić information content (AvgIpc) is 2.84. The topological polar surface area (TPSA) is 93.2 Å². The molecule has 34 heavy (non-hydrogen) atoms. The molecule has 0 spiro atoms. The van der Waals surface area contributed by atoms with Crippen LogP contribution in [0.4, 0.5) is 0 Å². The van der Waals surface area contributed by atoms with Gasteiger partial charge in [-0.2, -0.15) is 0 Å². The highest BCUT2D eigenvalue weighted by molar-refractivity contribution is 6.08. The fourth-order valence-corrected chi connectivity index (χ4v) is 3.02. The fourth-order valence-electron chi connectivity index (χ4n) is 3.02. The number of ketones is 1. The van der Waals surface area contributed by atoms with Crippen molar-refractivity contribution in [3.63, 3.8) is 0 Å². The summed E-state index contributed by atoms with van der Waals surface area (Å²) in [6.07, 6.45) is 7.36. The summed E-state index contributed by atoms with van der Waals surface area (Å²) >= 11 is 0. The van der Waals surface area contributed by atoms with Gasteiger partial charge in [-0.25, -0.2) is 0 Å². The van der Waals surface area contributed by atoms with Gasteiger partial charge in [0.1, 0.15) is 11.5 Å². The maximum Gasteiger partial charge on any atom is 0.305 e. The summed E-state index contributed by atoms with van der Waals surface area (Å²) in [6, 6.07) is 6.75. The zero-order chi connectivity index (χ0) is 24.1. The molecule has 2 rings (SSSR count). The molecule has 186 valence electrons. The van der Waals surface area contributed by atoms with Gasteiger partial charge in [0.05, 0.1) is 52.0 Å². The Hall–Kier alpha value is -3.26. The molecular weight excluding hydrogens is 462 g/mol. The number of unbranched alkanes of at least 4 members (excludes halogenated alkanes) is 2. The first-order valence-electron chi connectivity index (χ1n) is 10.8. The van der Waals surface area contributed by atoms with Crippen LogP contribution in [0, 0.1) is 0 Å². The number of pyridine rings is 1. The van der Waals surface area contributed by atoms with Gasteiger partial charge in [-0.15, -0.1) is 12.4 Å². The standard InChI is InChI=1S/C25H31NO7.ClH/c1-5-32-25(28)9-7-6-8-14-33-23-15-18(26-17-24(23)31-4)10-12-21(27)20-16-19(29-2)11-13-22(20)30-3;/h10-13,15-17H,5-9,14H2,1-4H3;1H. The molecular formula is C25H32ClNO7. The van der Waals surface area contributed by atoms with Crippen LogP contribution in [0.15, 0.2) is 36.5 Å². The minimum Gasteiger partial charge on any atom is -0.497 e. The summed E-state index contributed by atoms with van der Waals surface area (Å²) in [6.45, 7) is 2.66. The molecule has 0 fully saturated rings. The number of rotatable bonds is 14. The number of carbonyl (C=O) groups excluding carboxylic acids is 2. The van der Waals surface area contributed by atoms with Gasteiger partial charge < -0.3 is 23.7 Å². The summed E-state index contributed by atoms with van der Waals surface area (Å²) < 4.78 is 26.6. The van der Waals surface area contributed by atoms with Gasteiger partial charge in [-0.1, -0.05) is 0 Å². The van der Waals surface area contributed by atoms with Gasteiger partial charge in [0.15, 0.2) is 17.3 Å². The minimum absolute atomic E-state index is 0. The second-order valence-corrected chi connectivity index (χ2v) is 6.99. The monoisotopic (exact) mass is 493 g/mol. The molecule has 0 radical (unpaired) electrons. The Morgan fingerprint density at radius 2 is 1.71 bits per heavy atom. The van der Waals surface area contributed by atoms with E-state index in [1.807, 2.05) is 0 Å². The first kappa shape index (κ1) is 28.8. The van der Waals surface area contributed by atoms with Crippen LogP contribution in [0.1, 0.15) is 48.7 Å². The zero-order valence-corrected chi connectivity index (χ0v) is 20.8. The van der Waals surface area contributed by atoms with E-state index in [0.29, 0.717) is 53.9 Å². The van der Waals surface area contributed by atoms with E-state index in [4.69, 9.17) is 23.7 Å². The van der Waals surface area contributed by atoms with E-state index in [0.717, 1.165) is 19.3 Å². The molecule has 0 amide bonds. The number of halogens is 1. The number of allylic oxidation sites excluding steroid dienone is 1. The van der Waals surface area contributed by atoms with Crippen molar-refractivity contribution in [1.29, 1.82) is 0 Å². The molecule has 1 aromatic heterocycles. The SMILES string of the molecule is CCOC(=O)CCCCCOc1cc(C=CC(=O)c2cc(OC)ccc2OC)ncc1OC.Cl. The van der Waals surface area contributed by atoms with Crippen LogP contribution >= 0.6 is 12.4 Å². The highest BCUT2D eigenvalue weighted by Crippen LogP contribution is 2.28. The van der Waals surface area contributed by atoms with Crippen LogP contribution in [0.3, 0.4) is 0 Å². The van der Waals surface area contributed by atoms with Crippen molar-refractivity contribution in [3.8, 4) is 23.0 Å². The predicted molar refractivity (Wildman–Crippen MR) is 132 cm³/mol. The Labute approximate surface area is 206 Å². The lowest BCUT2D eigenvalue weighted by atomic mass is 10.1. The molecule has 0 saturated heterocycles. The Morgan fingerprint density at radius 3 is 2.38 bits per heavy atom. The zero-order valence-electron chi connectivity index (χ0n) is 20.0. The largest absolute Gasteiger partial charge is 0.497 e. The van der Waals surface area contributed by atoms with Crippen LogP contribution < -0.4 is 18.9 Å². The number of carbonyl (C=O) groups is 2. The quantitative estimate of drug-likeness (QED) is 0.158. The van der Waals surface area contributed by atoms with Crippen molar-refractivity contribution >= 4 is 30.2 Å². The summed E-state index contributed by atoms with van der Waals surface area (Å²) in [5, 5.41) is 0.